The maximum atomic E-state index is 10.8. The number of carbonyl (C=O) groups is 1. The van der Waals surface area contributed by atoms with Crippen molar-refractivity contribution in [2.24, 2.45) is 0 Å². The van der Waals surface area contributed by atoms with Crippen molar-refractivity contribution in [3.63, 3.8) is 0 Å². The molecule has 0 bridgehead atoms. The highest BCUT2D eigenvalue weighted by Crippen LogP contribution is 2.23. The lowest BCUT2D eigenvalue weighted by Crippen LogP contribution is -2.01. The molecule has 0 amide bonds. The highest BCUT2D eigenvalue weighted by Gasteiger charge is 2.10. The number of nitrogens with zero attached hydrogens (tertiary/aromatic N) is 2. The molecule has 1 aromatic heterocycles. The van der Waals surface area contributed by atoms with Crippen LogP contribution in [0.4, 0.5) is 0 Å². The lowest BCUT2D eigenvalue weighted by molar-refractivity contribution is 0.0697. The lowest BCUT2D eigenvalue weighted by atomic mass is 10.2. The van der Waals surface area contributed by atoms with E-state index in [1.165, 1.54) is 18.2 Å². The van der Waals surface area contributed by atoms with Crippen molar-refractivity contribution < 1.29 is 15.0 Å². The molecule has 0 aliphatic rings. The Morgan fingerprint density at radius 2 is 2.19 bits per heavy atom. The topological polar surface area (TPSA) is 75.4 Å². The molecule has 2 rings (SSSR count). The molecule has 5 heteroatoms. The van der Waals surface area contributed by atoms with Gasteiger partial charge >= 0.3 is 5.97 Å². The van der Waals surface area contributed by atoms with Crippen molar-refractivity contribution in [1.82, 2.24) is 9.55 Å². The first-order chi connectivity index (χ1) is 7.59. The molecule has 0 atom stereocenters. The van der Waals surface area contributed by atoms with Crippen molar-refractivity contribution in [2.45, 2.75) is 6.92 Å². The summed E-state index contributed by atoms with van der Waals surface area (Å²) in [6.07, 6.45) is 3.25. The van der Waals surface area contributed by atoms with E-state index in [9.17, 15) is 9.90 Å². The summed E-state index contributed by atoms with van der Waals surface area (Å²) in [5.74, 6) is -0.331. The van der Waals surface area contributed by atoms with E-state index in [1.807, 2.05) is 0 Å². The summed E-state index contributed by atoms with van der Waals surface area (Å²) in [5.41, 5.74) is 0.538. The predicted molar refractivity (Wildman–Crippen MR) is 56.9 cm³/mol. The minimum absolute atomic E-state index is 0.0195. The van der Waals surface area contributed by atoms with Gasteiger partial charge in [0.2, 0.25) is 0 Å². The molecular weight excluding hydrogens is 208 g/mol. The number of carboxylic acids is 1. The summed E-state index contributed by atoms with van der Waals surface area (Å²) < 4.78 is 1.63. The van der Waals surface area contributed by atoms with Gasteiger partial charge in [-0.1, -0.05) is 0 Å². The number of aromatic nitrogens is 2. The van der Waals surface area contributed by atoms with Crippen molar-refractivity contribution in [2.75, 3.05) is 0 Å². The molecule has 0 unspecified atom stereocenters. The van der Waals surface area contributed by atoms with Crippen LogP contribution in [0.15, 0.2) is 30.6 Å². The van der Waals surface area contributed by atoms with Gasteiger partial charge in [0.05, 0.1) is 11.3 Å². The minimum Gasteiger partial charge on any atom is -0.506 e. The Kier molecular flexibility index (Phi) is 2.36. The number of phenols is 1. The Hall–Kier alpha value is -2.30. The van der Waals surface area contributed by atoms with Crippen molar-refractivity contribution >= 4 is 5.97 Å². The Bertz CT molecular complexity index is 546. The van der Waals surface area contributed by atoms with E-state index < -0.39 is 5.97 Å². The molecule has 82 valence electrons. The summed E-state index contributed by atoms with van der Waals surface area (Å²) >= 11 is 0. The van der Waals surface area contributed by atoms with Crippen LogP contribution in [0, 0.1) is 6.92 Å². The molecule has 1 aromatic carbocycles. The second-order valence-electron chi connectivity index (χ2n) is 3.35. The second-order valence-corrected chi connectivity index (χ2v) is 3.35. The van der Waals surface area contributed by atoms with Crippen LogP contribution in [0.25, 0.3) is 5.69 Å². The maximum Gasteiger partial charge on any atom is 0.335 e. The molecule has 0 spiro atoms. The fraction of sp³-hybridized carbons (Fsp3) is 0.0909. The second kappa shape index (κ2) is 3.69. The number of benzene rings is 1. The van der Waals surface area contributed by atoms with Gasteiger partial charge in [0.1, 0.15) is 11.6 Å². The molecule has 0 aliphatic heterocycles. The van der Waals surface area contributed by atoms with E-state index in [1.54, 1.807) is 23.9 Å². The maximum absolute atomic E-state index is 10.8. The van der Waals surface area contributed by atoms with E-state index in [0.29, 0.717) is 11.5 Å². The fourth-order valence-corrected chi connectivity index (χ4v) is 1.48. The zero-order chi connectivity index (χ0) is 11.7. The van der Waals surface area contributed by atoms with Crippen LogP contribution in [0.1, 0.15) is 16.2 Å². The third kappa shape index (κ3) is 1.63. The summed E-state index contributed by atoms with van der Waals surface area (Å²) in [6, 6.07) is 4.12. The lowest BCUT2D eigenvalue weighted by Gasteiger charge is -2.08. The quantitative estimate of drug-likeness (QED) is 0.802. The largest absolute Gasteiger partial charge is 0.506 e. The standard InChI is InChI=1S/C11H10N2O3/c1-7-12-4-5-13(7)9-6-8(11(15)16)2-3-10(9)14/h2-6,14H,1H3,(H,15,16). The molecule has 0 saturated carbocycles. The molecule has 0 radical (unpaired) electrons. The zero-order valence-electron chi connectivity index (χ0n) is 8.58. The highest BCUT2D eigenvalue weighted by atomic mass is 16.4. The monoisotopic (exact) mass is 218 g/mol. The molecule has 5 nitrogen and oxygen atoms in total. The SMILES string of the molecule is Cc1nccn1-c1cc(C(=O)O)ccc1O. The summed E-state index contributed by atoms with van der Waals surface area (Å²) in [7, 11) is 0. The van der Waals surface area contributed by atoms with E-state index >= 15 is 0 Å². The van der Waals surface area contributed by atoms with Crippen LogP contribution < -0.4 is 0 Å². The number of rotatable bonds is 2. The number of imidazole rings is 1. The molecule has 16 heavy (non-hydrogen) atoms. The number of carboxylic acid groups (broad SMARTS) is 1. The van der Waals surface area contributed by atoms with Crippen LogP contribution in [0.2, 0.25) is 0 Å². The summed E-state index contributed by atoms with van der Waals surface area (Å²) in [6.45, 7) is 1.77. The van der Waals surface area contributed by atoms with Gasteiger partial charge in [-0.3, -0.25) is 0 Å². The van der Waals surface area contributed by atoms with Gasteiger partial charge in [-0.25, -0.2) is 9.78 Å². The number of hydrogen-bond acceptors (Lipinski definition) is 3. The van der Waals surface area contributed by atoms with Gasteiger partial charge in [0.25, 0.3) is 0 Å². The molecule has 2 N–H and O–H groups in total. The number of aromatic hydroxyl groups is 1. The normalized spacial score (nSPS) is 10.3. The molecule has 1 heterocycles. The molecule has 0 fully saturated rings. The first-order valence-corrected chi connectivity index (χ1v) is 4.66. The third-order valence-electron chi connectivity index (χ3n) is 2.31. The van der Waals surface area contributed by atoms with E-state index in [-0.39, 0.29) is 11.3 Å². The van der Waals surface area contributed by atoms with Gasteiger partial charge in [-0.2, -0.15) is 0 Å². The van der Waals surface area contributed by atoms with Gasteiger partial charge in [0, 0.05) is 12.4 Å². The van der Waals surface area contributed by atoms with Crippen LogP contribution in [-0.4, -0.2) is 25.7 Å². The highest BCUT2D eigenvalue weighted by molar-refractivity contribution is 5.88. The molecule has 2 aromatic rings. The number of hydrogen-bond donors (Lipinski definition) is 2. The Balaban J connectivity index is 2.60. The predicted octanol–water partition coefficient (Wildman–Crippen LogP) is 1.58. The smallest absolute Gasteiger partial charge is 0.335 e. The minimum atomic E-state index is -1.03. The Morgan fingerprint density at radius 1 is 1.44 bits per heavy atom. The van der Waals surface area contributed by atoms with Crippen molar-refractivity contribution in [1.29, 1.82) is 0 Å². The van der Waals surface area contributed by atoms with E-state index in [4.69, 9.17) is 5.11 Å². The number of aromatic carboxylic acids is 1. The number of aryl methyl sites for hydroxylation is 1. The zero-order valence-corrected chi connectivity index (χ0v) is 8.58. The van der Waals surface area contributed by atoms with Gasteiger partial charge in [-0.15, -0.1) is 0 Å². The van der Waals surface area contributed by atoms with E-state index in [0.717, 1.165) is 0 Å². The fourth-order valence-electron chi connectivity index (χ4n) is 1.48. The Morgan fingerprint density at radius 3 is 2.75 bits per heavy atom. The average Bonchev–Trinajstić information content (AvgIpc) is 2.65. The first-order valence-electron chi connectivity index (χ1n) is 4.66. The molecule has 0 saturated heterocycles. The van der Waals surface area contributed by atoms with Gasteiger partial charge < -0.3 is 14.8 Å². The summed E-state index contributed by atoms with van der Waals surface area (Å²) in [4.78, 5) is 14.8. The average molecular weight is 218 g/mol. The van der Waals surface area contributed by atoms with Crippen molar-refractivity contribution in [3.05, 3.63) is 42.0 Å². The third-order valence-corrected chi connectivity index (χ3v) is 2.31. The van der Waals surface area contributed by atoms with Crippen LogP contribution in [-0.2, 0) is 0 Å². The van der Waals surface area contributed by atoms with Gasteiger partial charge in [-0.05, 0) is 25.1 Å². The van der Waals surface area contributed by atoms with Crippen LogP contribution in [0.3, 0.4) is 0 Å². The van der Waals surface area contributed by atoms with Crippen molar-refractivity contribution in [3.8, 4) is 11.4 Å². The summed E-state index contributed by atoms with van der Waals surface area (Å²) in [5, 5.41) is 18.5. The van der Waals surface area contributed by atoms with Gasteiger partial charge in [0.15, 0.2) is 0 Å². The Labute approximate surface area is 91.6 Å². The first kappa shape index (κ1) is 10.2. The number of phenolic OH excluding ortho intramolecular Hbond substituents is 1. The van der Waals surface area contributed by atoms with Crippen LogP contribution in [0.5, 0.6) is 5.75 Å². The molecular formula is C11H10N2O3. The van der Waals surface area contributed by atoms with E-state index in [2.05, 4.69) is 4.98 Å². The van der Waals surface area contributed by atoms with Crippen LogP contribution >= 0.6 is 0 Å². The molecule has 0 aliphatic carbocycles.